The Kier molecular flexibility index (Phi) is 5.71. The topological polar surface area (TPSA) is 112 Å². The lowest BCUT2D eigenvalue weighted by atomic mass is 10.1. The van der Waals surface area contributed by atoms with Crippen LogP contribution in [0, 0.1) is 0 Å². The molecule has 1 atom stereocenters. The van der Waals surface area contributed by atoms with Crippen molar-refractivity contribution in [1.82, 2.24) is 10.2 Å². The third-order valence-electron chi connectivity index (χ3n) is 4.73. The Bertz CT molecular complexity index is 1020. The molecule has 1 aliphatic rings. The fraction of sp³-hybridized carbons (Fsp3) is 0.238. The first-order valence-corrected chi connectivity index (χ1v) is 9.50. The van der Waals surface area contributed by atoms with Crippen molar-refractivity contribution in [3.05, 3.63) is 66.4 Å². The summed E-state index contributed by atoms with van der Waals surface area (Å²) in [5, 5.41) is 18.7. The van der Waals surface area contributed by atoms with Crippen LogP contribution in [-0.4, -0.2) is 41.2 Å². The van der Waals surface area contributed by atoms with Gasteiger partial charge in [0.25, 0.3) is 11.6 Å². The summed E-state index contributed by atoms with van der Waals surface area (Å²) in [7, 11) is 0. The van der Waals surface area contributed by atoms with Gasteiger partial charge in [-0.3, -0.25) is 9.59 Å². The van der Waals surface area contributed by atoms with Crippen molar-refractivity contribution in [3.63, 3.8) is 0 Å². The highest BCUT2D eigenvalue weighted by molar-refractivity contribution is 5.95. The van der Waals surface area contributed by atoms with Gasteiger partial charge in [-0.05, 0) is 16.8 Å². The molecule has 3 aromatic rings. The van der Waals surface area contributed by atoms with Crippen LogP contribution >= 0.6 is 0 Å². The van der Waals surface area contributed by atoms with Crippen LogP contribution in [0.15, 0.2) is 65.2 Å². The molecule has 4 rings (SSSR count). The average molecular weight is 408 g/mol. The molecule has 0 bridgehead atoms. The van der Waals surface area contributed by atoms with E-state index in [-0.39, 0.29) is 37.1 Å². The highest BCUT2D eigenvalue weighted by Gasteiger charge is 2.34. The number of amides is 2. The molecule has 1 fully saturated rings. The number of rotatable bonds is 6. The lowest BCUT2D eigenvalue weighted by Gasteiger charge is -2.31. The maximum Gasteiger partial charge on any atom is 0.259 e. The van der Waals surface area contributed by atoms with Crippen LogP contribution in [0.25, 0.3) is 5.69 Å². The molecule has 2 heterocycles. The average Bonchev–Trinajstić information content (AvgIpc) is 3.12. The van der Waals surface area contributed by atoms with Crippen molar-refractivity contribution in [2.24, 2.45) is 0 Å². The summed E-state index contributed by atoms with van der Waals surface area (Å²) in [6, 6.07) is 18.0. The van der Waals surface area contributed by atoms with Crippen molar-refractivity contribution in [2.45, 2.75) is 19.1 Å². The molecule has 9 nitrogen and oxygen atoms in total. The van der Waals surface area contributed by atoms with Gasteiger partial charge in [0.15, 0.2) is 5.95 Å². The van der Waals surface area contributed by atoms with Gasteiger partial charge in [-0.25, -0.2) is 0 Å². The van der Waals surface area contributed by atoms with Crippen LogP contribution in [0.1, 0.15) is 12.1 Å². The summed E-state index contributed by atoms with van der Waals surface area (Å²) in [6.45, 7) is 0.575. The van der Waals surface area contributed by atoms with Crippen molar-refractivity contribution in [3.8, 4) is 11.6 Å². The third-order valence-corrected chi connectivity index (χ3v) is 4.73. The summed E-state index contributed by atoms with van der Waals surface area (Å²) in [5.41, 5.74) is 1.52. The molecule has 0 spiro atoms. The number of nitrogens with one attached hydrogen (secondary N) is 1. The number of anilines is 1. The Morgan fingerprint density at radius 3 is 2.60 bits per heavy atom. The summed E-state index contributed by atoms with van der Waals surface area (Å²) < 4.78 is 11.7. The zero-order valence-electron chi connectivity index (χ0n) is 16.1. The standard InChI is InChI=1S/C21H20N4O5/c26-19(22-15-7-3-1-4-8-15)13-18-20(27)24(11-12-29-18)14-17-21(28)30-23-25(17)16-9-5-2-6-10-16/h1-10,18H,11-14H2,(H-,22,23,26,28). The number of carbonyl (C=O) groups is 2. The Morgan fingerprint density at radius 1 is 1.17 bits per heavy atom. The summed E-state index contributed by atoms with van der Waals surface area (Å²) in [4.78, 5) is 26.6. The van der Waals surface area contributed by atoms with Crippen LogP contribution in [0.3, 0.4) is 0 Å². The Morgan fingerprint density at radius 2 is 1.87 bits per heavy atom. The molecule has 30 heavy (non-hydrogen) atoms. The number of aromatic nitrogens is 2. The molecule has 0 aliphatic carbocycles. The lowest BCUT2D eigenvalue weighted by Crippen LogP contribution is -2.50. The smallest absolute Gasteiger partial charge is 0.259 e. The highest BCUT2D eigenvalue weighted by atomic mass is 16.6. The highest BCUT2D eigenvalue weighted by Crippen LogP contribution is 2.18. The summed E-state index contributed by atoms with van der Waals surface area (Å²) >= 11 is 0. The molecule has 2 aromatic carbocycles. The SMILES string of the molecule is O=C(CC1OCCN(Cc2c([O-])on[n+]2-c2ccccc2)C1=O)Nc1ccccc1. The maximum absolute atomic E-state index is 12.9. The number of morpholine rings is 1. The summed E-state index contributed by atoms with van der Waals surface area (Å²) in [5.74, 6) is -1.29. The molecule has 1 saturated heterocycles. The van der Waals surface area contributed by atoms with Crippen LogP contribution in [0.4, 0.5) is 5.69 Å². The monoisotopic (exact) mass is 408 g/mol. The van der Waals surface area contributed by atoms with E-state index in [0.29, 0.717) is 17.9 Å². The van der Waals surface area contributed by atoms with Gasteiger partial charge >= 0.3 is 0 Å². The van der Waals surface area contributed by atoms with E-state index >= 15 is 0 Å². The van der Waals surface area contributed by atoms with Gasteiger partial charge in [0, 0.05) is 24.4 Å². The van der Waals surface area contributed by atoms with Crippen molar-refractivity contribution in [1.29, 1.82) is 0 Å². The molecular weight excluding hydrogens is 388 g/mol. The van der Waals surface area contributed by atoms with Gasteiger partial charge in [-0.1, -0.05) is 36.4 Å². The van der Waals surface area contributed by atoms with Gasteiger partial charge < -0.3 is 24.6 Å². The normalized spacial score (nSPS) is 16.5. The van der Waals surface area contributed by atoms with Gasteiger partial charge in [0.05, 0.1) is 18.3 Å². The fourth-order valence-corrected chi connectivity index (χ4v) is 3.25. The molecule has 9 heteroatoms. The molecule has 1 aliphatic heterocycles. The van der Waals surface area contributed by atoms with Crippen LogP contribution in [-0.2, 0) is 20.9 Å². The van der Waals surface area contributed by atoms with E-state index in [1.54, 1.807) is 36.4 Å². The Labute approximate surface area is 172 Å². The quantitative estimate of drug-likeness (QED) is 0.604. The van der Waals surface area contributed by atoms with E-state index in [2.05, 4.69) is 10.6 Å². The minimum atomic E-state index is -0.914. The number of carbonyl (C=O) groups excluding carboxylic acids is 2. The van der Waals surface area contributed by atoms with Crippen LogP contribution in [0.2, 0.25) is 0 Å². The second-order valence-electron chi connectivity index (χ2n) is 6.79. The van der Waals surface area contributed by atoms with Gasteiger partial charge in [0.2, 0.25) is 11.6 Å². The number of hydrogen-bond donors (Lipinski definition) is 1. The molecule has 2 amide bonds. The van der Waals surface area contributed by atoms with E-state index in [1.807, 2.05) is 24.3 Å². The number of benzene rings is 2. The molecule has 154 valence electrons. The van der Waals surface area contributed by atoms with Gasteiger partial charge in [-0.15, -0.1) is 0 Å². The zero-order valence-corrected chi connectivity index (χ0v) is 16.1. The minimum Gasteiger partial charge on any atom is -0.539 e. The number of nitrogens with zero attached hydrogens (tertiary/aromatic N) is 3. The second kappa shape index (κ2) is 8.75. The zero-order chi connectivity index (χ0) is 20.9. The van der Waals surface area contributed by atoms with E-state index in [1.165, 1.54) is 9.58 Å². The van der Waals surface area contributed by atoms with E-state index in [4.69, 9.17) is 9.26 Å². The maximum atomic E-state index is 12.9. The fourth-order valence-electron chi connectivity index (χ4n) is 3.25. The molecule has 0 saturated carbocycles. The Balaban J connectivity index is 1.44. The van der Waals surface area contributed by atoms with Crippen molar-refractivity contribution < 1.29 is 28.6 Å². The van der Waals surface area contributed by atoms with Gasteiger partial charge in [-0.2, -0.15) is 0 Å². The van der Waals surface area contributed by atoms with Crippen LogP contribution in [0.5, 0.6) is 5.95 Å². The summed E-state index contributed by atoms with van der Waals surface area (Å²) in [6.07, 6.45) is -1.03. The Hall–Kier alpha value is -3.72. The molecule has 1 aromatic heterocycles. The lowest BCUT2D eigenvalue weighted by molar-refractivity contribution is -0.678. The molecule has 1 N–H and O–H groups in total. The predicted molar refractivity (Wildman–Crippen MR) is 102 cm³/mol. The first kappa shape index (κ1) is 19.6. The van der Waals surface area contributed by atoms with Crippen LogP contribution < -0.4 is 15.1 Å². The third kappa shape index (κ3) is 4.31. The molecule has 1 unspecified atom stereocenters. The number of hydrogen-bond acceptors (Lipinski definition) is 6. The predicted octanol–water partition coefficient (Wildman–Crippen LogP) is 0.781. The van der Waals surface area contributed by atoms with Gasteiger partial charge in [0.1, 0.15) is 12.6 Å². The molecule has 0 radical (unpaired) electrons. The number of para-hydroxylation sites is 2. The first-order valence-electron chi connectivity index (χ1n) is 9.50. The van der Waals surface area contributed by atoms with E-state index in [0.717, 1.165) is 0 Å². The number of ether oxygens (including phenoxy) is 1. The van der Waals surface area contributed by atoms with Crippen molar-refractivity contribution >= 4 is 17.5 Å². The largest absolute Gasteiger partial charge is 0.539 e. The van der Waals surface area contributed by atoms with E-state index < -0.39 is 12.1 Å². The van der Waals surface area contributed by atoms with Crippen molar-refractivity contribution in [2.75, 3.05) is 18.5 Å². The van der Waals surface area contributed by atoms with E-state index in [9.17, 15) is 14.7 Å². The second-order valence-corrected chi connectivity index (χ2v) is 6.79. The molecular formula is C21H20N4O5. The first-order chi connectivity index (χ1) is 14.6. The minimum absolute atomic E-state index is 0.0101.